The van der Waals surface area contributed by atoms with E-state index in [4.69, 9.17) is 0 Å². The molecule has 0 N–H and O–H groups in total. The van der Waals surface area contributed by atoms with Crippen LogP contribution in [0.4, 0.5) is 5.82 Å². The normalized spacial score (nSPS) is 12.7. The Morgan fingerprint density at radius 2 is 1.62 bits per heavy atom. The van der Waals surface area contributed by atoms with Crippen molar-refractivity contribution in [1.29, 1.82) is 0 Å². The van der Waals surface area contributed by atoms with Crippen LogP contribution in [0.2, 0.25) is 0 Å². The number of carbonyl (C=O) groups is 1. The number of rotatable bonds is 6. The summed E-state index contributed by atoms with van der Waals surface area (Å²) < 4.78 is 6.09. The first-order valence-corrected chi connectivity index (χ1v) is 9.74. The molecular weight excluding hydrogens is 349 g/mol. The number of hydrogen-bond donors (Lipinski definition) is 0. The Balaban J connectivity index is 2.55. The summed E-state index contributed by atoms with van der Waals surface area (Å²) in [5.74, 6) is 0.273. The second kappa shape index (κ2) is 8.14. The maximum absolute atomic E-state index is 11.5. The summed E-state index contributed by atoms with van der Waals surface area (Å²) in [6.45, 7) is 2.00. The van der Waals surface area contributed by atoms with Gasteiger partial charge in [-0.15, -0.1) is 9.97 Å². The molecule has 0 spiro atoms. The Kier molecular flexibility index (Phi) is 6.36. The van der Waals surface area contributed by atoms with E-state index in [9.17, 15) is 4.79 Å². The Bertz CT molecular complexity index is 862. The second-order valence-electron chi connectivity index (χ2n) is 6.57. The zero-order valence-electron chi connectivity index (χ0n) is 16.4. The fourth-order valence-corrected chi connectivity index (χ4v) is 5.67. The van der Waals surface area contributed by atoms with Gasteiger partial charge < -0.3 is 0 Å². The van der Waals surface area contributed by atoms with Crippen LogP contribution in [0.5, 0.6) is 0 Å². The van der Waals surface area contributed by atoms with Gasteiger partial charge in [-0.2, -0.15) is 0 Å². The monoisotopic (exact) mass is 375 g/mol. The second-order valence-corrected chi connectivity index (χ2v) is 10.2. The van der Waals surface area contributed by atoms with E-state index in [1.165, 1.54) is 0 Å². The number of aldehydes is 1. The lowest BCUT2D eigenvalue weighted by atomic mass is 10.1. The van der Waals surface area contributed by atoms with Gasteiger partial charge in [0.2, 0.25) is 0 Å². The minimum atomic E-state index is -2.18. The number of fused-ring (bicyclic) bond motifs is 1. The molecule has 0 aliphatic rings. The Labute approximate surface area is 154 Å². The summed E-state index contributed by atoms with van der Waals surface area (Å²) in [7, 11) is 9.57. The highest BCUT2D eigenvalue weighted by atomic mass is 31.2. The summed E-state index contributed by atoms with van der Waals surface area (Å²) in [6, 6.07) is 7.65. The van der Waals surface area contributed by atoms with E-state index < -0.39 is 7.51 Å². The molecule has 8 nitrogen and oxygen atoms in total. The van der Waals surface area contributed by atoms with E-state index in [1.807, 2.05) is 81.4 Å². The molecule has 1 aromatic carbocycles. The first-order chi connectivity index (χ1) is 12.2. The topological polar surface area (TPSA) is 76.8 Å². The average Bonchev–Trinajstić information content (AvgIpc) is 2.56. The number of benzene rings is 1. The van der Waals surface area contributed by atoms with Gasteiger partial charge in [0.15, 0.2) is 19.6 Å². The molecule has 1 aromatic heterocycles. The molecule has 0 radical (unpaired) electrons. The van der Waals surface area contributed by atoms with Crippen LogP contribution in [0, 0.1) is 6.92 Å². The smallest absolute Gasteiger partial charge is 0.193 e. The van der Waals surface area contributed by atoms with Crippen molar-refractivity contribution in [3.05, 3.63) is 35.4 Å². The van der Waals surface area contributed by atoms with Crippen LogP contribution >= 0.6 is 7.51 Å². The molecule has 9 heteroatoms. The zero-order chi connectivity index (χ0) is 19.5. The molecule has 0 atom stereocenters. The summed E-state index contributed by atoms with van der Waals surface area (Å²) in [5, 5.41) is 9.11. The van der Waals surface area contributed by atoms with E-state index in [1.54, 1.807) is 6.07 Å². The summed E-state index contributed by atoms with van der Waals surface area (Å²) in [5.41, 5.74) is 2.27. The maximum atomic E-state index is 11.5. The highest BCUT2D eigenvalue weighted by Gasteiger charge is 2.28. The first-order valence-electron chi connectivity index (χ1n) is 8.14. The van der Waals surface area contributed by atoms with Gasteiger partial charge in [0.1, 0.15) is 0 Å². The quantitative estimate of drug-likeness (QED) is 0.330. The van der Waals surface area contributed by atoms with Crippen LogP contribution in [0.3, 0.4) is 0 Å². The lowest BCUT2D eigenvalue weighted by Gasteiger charge is -2.39. The third-order valence-corrected chi connectivity index (χ3v) is 7.55. The van der Waals surface area contributed by atoms with Gasteiger partial charge in [0, 0.05) is 5.39 Å². The van der Waals surface area contributed by atoms with Gasteiger partial charge in [-0.1, -0.05) is 11.6 Å². The van der Waals surface area contributed by atoms with Crippen LogP contribution in [0.15, 0.2) is 39.5 Å². The van der Waals surface area contributed by atoms with Crippen LogP contribution in [0.25, 0.3) is 10.9 Å². The van der Waals surface area contributed by atoms with Crippen molar-refractivity contribution in [3.63, 3.8) is 0 Å². The highest BCUT2D eigenvalue weighted by molar-refractivity contribution is 7.58. The molecule has 0 aliphatic heterocycles. The van der Waals surface area contributed by atoms with Crippen LogP contribution in [-0.2, 0) is 0 Å². The van der Waals surface area contributed by atoms with E-state index in [0.717, 1.165) is 22.8 Å². The number of nitrogens with zero attached hydrogens (tertiary/aromatic N) is 7. The zero-order valence-corrected chi connectivity index (χ0v) is 17.3. The van der Waals surface area contributed by atoms with Crippen molar-refractivity contribution in [2.24, 2.45) is 15.2 Å². The average molecular weight is 375 g/mol. The lowest BCUT2D eigenvalue weighted by molar-refractivity contribution is 0.112. The van der Waals surface area contributed by atoms with Crippen molar-refractivity contribution in [2.45, 2.75) is 6.92 Å². The van der Waals surface area contributed by atoms with E-state index in [-0.39, 0.29) is 5.82 Å². The van der Waals surface area contributed by atoms with Crippen LogP contribution < -0.4 is 0 Å². The molecular formula is C17H26N7OP. The van der Waals surface area contributed by atoms with Crippen molar-refractivity contribution >= 4 is 30.5 Å². The van der Waals surface area contributed by atoms with E-state index >= 15 is 0 Å². The van der Waals surface area contributed by atoms with Crippen LogP contribution in [-0.4, -0.2) is 67.6 Å². The van der Waals surface area contributed by atoms with Gasteiger partial charge in [0.25, 0.3) is 0 Å². The van der Waals surface area contributed by atoms with Gasteiger partial charge >= 0.3 is 0 Å². The minimum absolute atomic E-state index is 0.273. The number of aromatic nitrogens is 1. The molecule has 2 aromatic rings. The molecule has 0 saturated carbocycles. The van der Waals surface area contributed by atoms with Gasteiger partial charge in [-0.05, 0) is 72.6 Å². The van der Waals surface area contributed by atoms with Gasteiger partial charge in [-0.25, -0.2) is 4.98 Å². The summed E-state index contributed by atoms with van der Waals surface area (Å²) in [4.78, 5) is 20.4. The number of aryl methyl sites for hydroxylation is 1. The first kappa shape index (κ1) is 20.3. The summed E-state index contributed by atoms with van der Waals surface area (Å²) in [6.07, 6.45) is 0.745. The molecule has 0 aliphatic carbocycles. The SMILES string of the molecule is Cc1ccc2nc(/N=N/N=P(N(C)C)(N(C)C)N(C)C)c(C=O)cc2c1. The molecule has 0 saturated heterocycles. The lowest BCUT2D eigenvalue weighted by Crippen LogP contribution is -2.30. The minimum Gasteiger partial charge on any atom is -0.298 e. The molecule has 0 amide bonds. The van der Waals surface area contributed by atoms with E-state index in [2.05, 4.69) is 20.2 Å². The fourth-order valence-electron chi connectivity index (χ4n) is 2.90. The third-order valence-electron chi connectivity index (χ3n) is 4.01. The Hall–Kier alpha value is -1.99. The molecule has 26 heavy (non-hydrogen) atoms. The molecule has 2 rings (SSSR count). The summed E-state index contributed by atoms with van der Waals surface area (Å²) >= 11 is 0. The van der Waals surface area contributed by atoms with Gasteiger partial charge in [-0.3, -0.25) is 18.8 Å². The fraction of sp³-hybridized carbons (Fsp3) is 0.412. The predicted octanol–water partition coefficient (Wildman–Crippen LogP) is 3.99. The van der Waals surface area contributed by atoms with Crippen molar-refractivity contribution < 1.29 is 4.79 Å². The number of pyridine rings is 1. The molecule has 0 bridgehead atoms. The van der Waals surface area contributed by atoms with Crippen molar-refractivity contribution in [2.75, 3.05) is 42.3 Å². The predicted molar refractivity (Wildman–Crippen MR) is 107 cm³/mol. The largest absolute Gasteiger partial charge is 0.298 e. The maximum Gasteiger partial charge on any atom is 0.193 e. The molecule has 0 unspecified atom stereocenters. The van der Waals surface area contributed by atoms with Crippen LogP contribution in [0.1, 0.15) is 15.9 Å². The Morgan fingerprint density at radius 1 is 1.00 bits per heavy atom. The Morgan fingerprint density at radius 3 is 2.15 bits per heavy atom. The standard InChI is InChI=1S/C17H26N7OP/c1-13-8-9-16-14(10-13)11-15(12-25)17(18-16)19-20-21-26(22(2)3,23(4)5)24(6)7/h8-12H,1-7H3/b20-19+. The molecule has 1 heterocycles. The molecule has 140 valence electrons. The third kappa shape index (κ3) is 3.88. The van der Waals surface area contributed by atoms with Gasteiger partial charge in [0.05, 0.1) is 11.1 Å². The van der Waals surface area contributed by atoms with Crippen molar-refractivity contribution in [3.8, 4) is 0 Å². The number of hydrogen-bond acceptors (Lipinski definition) is 3. The highest BCUT2D eigenvalue weighted by Crippen LogP contribution is 2.54. The number of carbonyl (C=O) groups excluding carboxylic acids is 1. The van der Waals surface area contributed by atoms with E-state index in [0.29, 0.717) is 5.56 Å². The van der Waals surface area contributed by atoms with Crippen molar-refractivity contribution in [1.82, 2.24) is 19.0 Å². The molecule has 0 fully saturated rings.